The van der Waals surface area contributed by atoms with Crippen molar-refractivity contribution in [2.45, 2.75) is 25.3 Å². The van der Waals surface area contributed by atoms with E-state index in [1.165, 1.54) is 25.5 Å². The van der Waals surface area contributed by atoms with Crippen LogP contribution in [-0.4, -0.2) is 43.9 Å². The number of likely N-dealkylation sites (tertiary alicyclic amines) is 1. The summed E-state index contributed by atoms with van der Waals surface area (Å²) in [6.45, 7) is 3.10. The van der Waals surface area contributed by atoms with Crippen LogP contribution in [0.15, 0.2) is 18.2 Å². The summed E-state index contributed by atoms with van der Waals surface area (Å²) in [5, 5.41) is 0. The number of halogens is 1. The first kappa shape index (κ1) is 13.6. The first-order chi connectivity index (χ1) is 9.67. The van der Waals surface area contributed by atoms with Crippen LogP contribution in [0.4, 0.5) is 10.1 Å². The van der Waals surface area contributed by atoms with Crippen molar-refractivity contribution in [1.82, 2.24) is 4.90 Å². The summed E-state index contributed by atoms with van der Waals surface area (Å²) in [4.78, 5) is 15.6. The Balaban J connectivity index is 1.79. The largest absolute Gasteiger partial charge is 0.371 e. The van der Waals surface area contributed by atoms with Crippen molar-refractivity contribution in [2.24, 2.45) is 5.92 Å². The Kier molecular flexibility index (Phi) is 3.74. The van der Waals surface area contributed by atoms with E-state index in [0.29, 0.717) is 23.8 Å². The van der Waals surface area contributed by atoms with Crippen LogP contribution in [0.25, 0.3) is 0 Å². The molecule has 2 aliphatic heterocycles. The van der Waals surface area contributed by atoms with Crippen molar-refractivity contribution in [3.63, 3.8) is 0 Å². The molecule has 0 aliphatic carbocycles. The van der Waals surface area contributed by atoms with Crippen LogP contribution >= 0.6 is 0 Å². The molecule has 1 aromatic rings. The minimum Gasteiger partial charge on any atom is -0.371 e. The molecule has 0 aromatic heterocycles. The van der Waals surface area contributed by atoms with Gasteiger partial charge >= 0.3 is 0 Å². The van der Waals surface area contributed by atoms with Crippen LogP contribution in [0.5, 0.6) is 0 Å². The zero-order valence-corrected chi connectivity index (χ0v) is 11.9. The first-order valence-electron chi connectivity index (χ1n) is 7.38. The Morgan fingerprint density at radius 2 is 2.10 bits per heavy atom. The van der Waals surface area contributed by atoms with E-state index in [4.69, 9.17) is 0 Å². The highest BCUT2D eigenvalue weighted by atomic mass is 19.1. The lowest BCUT2D eigenvalue weighted by Gasteiger charge is -2.46. The van der Waals surface area contributed by atoms with Gasteiger partial charge in [-0.1, -0.05) is 0 Å². The van der Waals surface area contributed by atoms with Crippen molar-refractivity contribution in [2.75, 3.05) is 31.6 Å². The minimum atomic E-state index is -0.326. The van der Waals surface area contributed by atoms with Crippen molar-refractivity contribution in [3.8, 4) is 0 Å². The van der Waals surface area contributed by atoms with E-state index < -0.39 is 0 Å². The van der Waals surface area contributed by atoms with Crippen LogP contribution in [-0.2, 0) is 0 Å². The molecule has 2 saturated heterocycles. The van der Waals surface area contributed by atoms with Gasteiger partial charge in [0.05, 0.1) is 0 Å². The first-order valence-corrected chi connectivity index (χ1v) is 7.38. The third-order valence-corrected chi connectivity index (χ3v) is 4.75. The van der Waals surface area contributed by atoms with E-state index in [2.05, 4.69) is 16.8 Å². The van der Waals surface area contributed by atoms with Crippen molar-refractivity contribution >= 4 is 12.0 Å². The highest BCUT2D eigenvalue weighted by Crippen LogP contribution is 2.32. The lowest BCUT2D eigenvalue weighted by Crippen LogP contribution is -2.52. The van der Waals surface area contributed by atoms with Gasteiger partial charge in [0.2, 0.25) is 0 Å². The molecule has 0 N–H and O–H groups in total. The number of carbonyl (C=O) groups is 1. The molecule has 1 aromatic carbocycles. The molecule has 0 amide bonds. The number of benzene rings is 1. The molecule has 20 heavy (non-hydrogen) atoms. The molecule has 108 valence electrons. The molecule has 4 heteroatoms. The molecule has 2 atom stereocenters. The summed E-state index contributed by atoms with van der Waals surface area (Å²) in [7, 11) is 2.21. The fourth-order valence-electron chi connectivity index (χ4n) is 3.73. The number of fused-ring (bicyclic) bond motifs is 1. The Labute approximate surface area is 119 Å². The van der Waals surface area contributed by atoms with Gasteiger partial charge in [-0.2, -0.15) is 0 Å². The number of hydrogen-bond acceptors (Lipinski definition) is 3. The van der Waals surface area contributed by atoms with Gasteiger partial charge in [-0.3, -0.25) is 4.79 Å². The average molecular weight is 276 g/mol. The van der Waals surface area contributed by atoms with Crippen molar-refractivity contribution in [3.05, 3.63) is 29.6 Å². The SMILES string of the molecule is CN1CCCC2CN(c3cc(F)cc(C=O)c3)CCC21. The Morgan fingerprint density at radius 3 is 2.90 bits per heavy atom. The molecule has 2 unspecified atom stereocenters. The number of anilines is 1. The fourth-order valence-corrected chi connectivity index (χ4v) is 3.73. The number of carbonyl (C=O) groups excluding carboxylic acids is 1. The quantitative estimate of drug-likeness (QED) is 0.776. The molecule has 2 aliphatic rings. The van der Waals surface area contributed by atoms with Crippen LogP contribution in [0.3, 0.4) is 0 Å². The number of hydrogen-bond donors (Lipinski definition) is 0. The lowest BCUT2D eigenvalue weighted by molar-refractivity contribution is 0.102. The van der Waals surface area contributed by atoms with Gasteiger partial charge in [-0.15, -0.1) is 0 Å². The number of nitrogens with zero attached hydrogens (tertiary/aromatic N) is 2. The third-order valence-electron chi connectivity index (χ3n) is 4.75. The van der Waals surface area contributed by atoms with E-state index in [1.54, 1.807) is 12.1 Å². The topological polar surface area (TPSA) is 23.6 Å². The van der Waals surface area contributed by atoms with Crippen LogP contribution in [0.2, 0.25) is 0 Å². The van der Waals surface area contributed by atoms with Gasteiger partial charge in [0, 0.05) is 30.4 Å². The highest BCUT2D eigenvalue weighted by Gasteiger charge is 2.34. The minimum absolute atomic E-state index is 0.326. The van der Waals surface area contributed by atoms with Gasteiger partial charge in [0.15, 0.2) is 0 Å². The maximum Gasteiger partial charge on any atom is 0.150 e. The molecule has 0 bridgehead atoms. The molecular weight excluding hydrogens is 255 g/mol. The van der Waals surface area contributed by atoms with Gasteiger partial charge in [-0.25, -0.2) is 4.39 Å². The number of rotatable bonds is 2. The molecule has 2 heterocycles. The van der Waals surface area contributed by atoms with E-state index in [-0.39, 0.29) is 5.82 Å². The second kappa shape index (κ2) is 5.52. The molecule has 0 radical (unpaired) electrons. The molecule has 3 nitrogen and oxygen atoms in total. The summed E-state index contributed by atoms with van der Waals surface area (Å²) in [6.07, 6.45) is 4.33. The molecule has 2 fully saturated rings. The molecule has 0 spiro atoms. The Morgan fingerprint density at radius 1 is 1.25 bits per heavy atom. The normalized spacial score (nSPS) is 27.2. The van der Waals surface area contributed by atoms with Crippen LogP contribution in [0, 0.1) is 11.7 Å². The van der Waals surface area contributed by atoms with Crippen molar-refractivity contribution < 1.29 is 9.18 Å². The second-order valence-electron chi connectivity index (χ2n) is 6.05. The predicted molar refractivity (Wildman–Crippen MR) is 77.8 cm³/mol. The molecule has 3 rings (SSSR count). The smallest absolute Gasteiger partial charge is 0.150 e. The summed E-state index contributed by atoms with van der Waals surface area (Å²) in [6, 6.07) is 5.29. The standard InChI is InChI=1S/C16H21FN2O/c1-18-5-2-3-13-10-19(6-4-16(13)18)15-8-12(11-20)7-14(17)9-15/h7-9,11,13,16H,2-6,10H2,1H3. The number of piperidine rings is 2. The monoisotopic (exact) mass is 276 g/mol. The van der Waals surface area contributed by atoms with E-state index >= 15 is 0 Å². The van der Waals surface area contributed by atoms with Gasteiger partial charge in [-0.05, 0) is 57.0 Å². The Hall–Kier alpha value is -1.42. The molecular formula is C16H21FN2O. The molecule has 0 saturated carbocycles. The second-order valence-corrected chi connectivity index (χ2v) is 6.05. The number of aldehydes is 1. The van der Waals surface area contributed by atoms with E-state index in [9.17, 15) is 9.18 Å². The van der Waals surface area contributed by atoms with Crippen molar-refractivity contribution in [1.29, 1.82) is 0 Å². The lowest BCUT2D eigenvalue weighted by atomic mass is 9.84. The fraction of sp³-hybridized carbons (Fsp3) is 0.562. The summed E-state index contributed by atoms with van der Waals surface area (Å²) < 4.78 is 13.6. The van der Waals surface area contributed by atoms with Crippen LogP contribution < -0.4 is 4.90 Å². The maximum atomic E-state index is 13.6. The zero-order chi connectivity index (χ0) is 14.1. The highest BCUT2D eigenvalue weighted by molar-refractivity contribution is 5.77. The van der Waals surface area contributed by atoms with Gasteiger partial charge in [0.25, 0.3) is 0 Å². The summed E-state index contributed by atoms with van der Waals surface area (Å²) in [5.74, 6) is 0.331. The Bertz CT molecular complexity index is 505. The van der Waals surface area contributed by atoms with Crippen LogP contribution in [0.1, 0.15) is 29.6 Å². The predicted octanol–water partition coefficient (Wildman–Crippen LogP) is 2.56. The maximum absolute atomic E-state index is 13.6. The third kappa shape index (κ3) is 2.57. The zero-order valence-electron chi connectivity index (χ0n) is 11.9. The summed E-state index contributed by atoms with van der Waals surface area (Å²) in [5.41, 5.74) is 1.27. The van der Waals surface area contributed by atoms with Gasteiger partial charge < -0.3 is 9.80 Å². The van der Waals surface area contributed by atoms with E-state index in [1.807, 2.05) is 0 Å². The summed E-state index contributed by atoms with van der Waals surface area (Å²) >= 11 is 0. The van der Waals surface area contributed by atoms with Gasteiger partial charge in [0.1, 0.15) is 12.1 Å². The van der Waals surface area contributed by atoms with E-state index in [0.717, 1.165) is 25.2 Å². The average Bonchev–Trinajstić information content (AvgIpc) is 2.46.